The van der Waals surface area contributed by atoms with Crippen LogP contribution in [0.3, 0.4) is 0 Å². The van der Waals surface area contributed by atoms with Gasteiger partial charge in [-0.1, -0.05) is 25.1 Å². The van der Waals surface area contributed by atoms with Crippen molar-refractivity contribution in [3.8, 4) is 0 Å². The number of H-pyrrole nitrogens is 1. The van der Waals surface area contributed by atoms with Crippen LogP contribution < -0.4 is 11.2 Å². The van der Waals surface area contributed by atoms with E-state index < -0.39 is 22.8 Å². The molecule has 0 aliphatic carbocycles. The molecule has 0 aliphatic rings. The predicted molar refractivity (Wildman–Crippen MR) is 103 cm³/mol. The molecular formula is C21H20FN3O3. The Morgan fingerprint density at radius 2 is 1.89 bits per heavy atom. The Labute approximate surface area is 160 Å². The van der Waals surface area contributed by atoms with Gasteiger partial charge in [0, 0.05) is 16.8 Å². The fourth-order valence-corrected chi connectivity index (χ4v) is 3.23. The number of nitrogens with one attached hydrogen (secondary N) is 1. The summed E-state index contributed by atoms with van der Waals surface area (Å²) in [5, 5.41) is 0. The smallest absolute Gasteiger partial charge is 0.285 e. The van der Waals surface area contributed by atoms with E-state index in [1.807, 2.05) is 13.0 Å². The molecule has 144 valence electrons. The zero-order chi connectivity index (χ0) is 20.4. The average Bonchev–Trinajstić information content (AvgIpc) is 2.63. The van der Waals surface area contributed by atoms with Gasteiger partial charge in [-0.2, -0.15) is 0 Å². The second-order valence-electron chi connectivity index (χ2n) is 6.62. The average molecular weight is 381 g/mol. The van der Waals surface area contributed by atoms with Gasteiger partial charge in [0.2, 0.25) is 5.78 Å². The van der Waals surface area contributed by atoms with Gasteiger partial charge >= 0.3 is 5.69 Å². The van der Waals surface area contributed by atoms with Crippen LogP contribution in [0.1, 0.15) is 45.5 Å². The number of nitrogens with zero attached hydrogens (tertiary/aromatic N) is 2. The zero-order valence-electron chi connectivity index (χ0n) is 15.9. The van der Waals surface area contributed by atoms with E-state index in [1.165, 1.54) is 18.2 Å². The maximum absolute atomic E-state index is 14.1. The molecule has 2 aromatic heterocycles. The first-order valence-corrected chi connectivity index (χ1v) is 8.91. The lowest BCUT2D eigenvalue weighted by Gasteiger charge is -2.15. The van der Waals surface area contributed by atoms with E-state index in [0.717, 1.165) is 10.1 Å². The minimum Gasteiger partial charge on any atom is -0.285 e. The van der Waals surface area contributed by atoms with Crippen LogP contribution >= 0.6 is 0 Å². The molecule has 7 heteroatoms. The lowest BCUT2D eigenvalue weighted by molar-refractivity contribution is 0.102. The van der Waals surface area contributed by atoms with Gasteiger partial charge in [-0.3, -0.25) is 19.1 Å². The highest BCUT2D eigenvalue weighted by Crippen LogP contribution is 2.15. The molecular weight excluding hydrogens is 361 g/mol. The SMILES string of the molecule is CCc1c(C(=O)c2cc(C)cc(C)n2)n(Cc2ccccc2F)c(=O)[nH]c1=O. The molecule has 0 fully saturated rings. The normalized spacial score (nSPS) is 10.9. The molecule has 0 saturated carbocycles. The monoisotopic (exact) mass is 381 g/mol. The van der Waals surface area contributed by atoms with Crippen molar-refractivity contribution in [2.45, 2.75) is 33.7 Å². The van der Waals surface area contributed by atoms with Gasteiger partial charge < -0.3 is 0 Å². The van der Waals surface area contributed by atoms with Gasteiger partial charge in [0.05, 0.1) is 6.54 Å². The number of carbonyl (C=O) groups is 1. The number of pyridine rings is 1. The number of hydrogen-bond donors (Lipinski definition) is 1. The van der Waals surface area contributed by atoms with Crippen molar-refractivity contribution in [1.82, 2.24) is 14.5 Å². The first-order valence-electron chi connectivity index (χ1n) is 8.91. The van der Waals surface area contributed by atoms with E-state index in [0.29, 0.717) is 5.69 Å². The number of ketones is 1. The van der Waals surface area contributed by atoms with E-state index >= 15 is 0 Å². The van der Waals surface area contributed by atoms with E-state index in [4.69, 9.17) is 0 Å². The van der Waals surface area contributed by atoms with Crippen LogP contribution in [-0.4, -0.2) is 20.3 Å². The zero-order valence-corrected chi connectivity index (χ0v) is 15.9. The third-order valence-electron chi connectivity index (χ3n) is 4.48. The maximum atomic E-state index is 14.1. The minimum absolute atomic E-state index is 0.0583. The number of carbonyl (C=O) groups excluding carboxylic acids is 1. The summed E-state index contributed by atoms with van der Waals surface area (Å²) in [6.07, 6.45) is 0.235. The quantitative estimate of drug-likeness (QED) is 0.689. The van der Waals surface area contributed by atoms with Crippen LogP contribution in [-0.2, 0) is 13.0 Å². The van der Waals surface area contributed by atoms with Crippen LogP contribution in [0.15, 0.2) is 46.0 Å². The number of halogens is 1. The van der Waals surface area contributed by atoms with Crippen LogP contribution in [0.25, 0.3) is 0 Å². The fraction of sp³-hybridized carbons (Fsp3) is 0.238. The Morgan fingerprint density at radius 3 is 2.54 bits per heavy atom. The first-order chi connectivity index (χ1) is 13.3. The first kappa shape index (κ1) is 19.4. The Morgan fingerprint density at radius 1 is 1.18 bits per heavy atom. The van der Waals surface area contributed by atoms with Gasteiger partial charge in [0.1, 0.15) is 17.2 Å². The number of aromatic amines is 1. The standard InChI is InChI=1S/C21H20FN3O3/c1-4-15-18(19(26)17-10-12(2)9-13(3)23-17)25(21(28)24-20(15)27)11-14-7-5-6-8-16(14)22/h5-10H,4,11H2,1-3H3,(H,24,27,28). The van der Waals surface area contributed by atoms with Crippen molar-refractivity contribution in [3.63, 3.8) is 0 Å². The molecule has 0 aliphatic heterocycles. The summed E-state index contributed by atoms with van der Waals surface area (Å²) in [6.45, 7) is 5.13. The molecule has 6 nitrogen and oxygen atoms in total. The van der Waals surface area contributed by atoms with Crippen molar-refractivity contribution >= 4 is 5.78 Å². The Kier molecular flexibility index (Phi) is 5.35. The summed E-state index contributed by atoms with van der Waals surface area (Å²) in [7, 11) is 0. The van der Waals surface area contributed by atoms with Crippen LogP contribution in [0.5, 0.6) is 0 Å². The number of aryl methyl sites for hydroxylation is 2. The van der Waals surface area contributed by atoms with Crippen molar-refractivity contribution < 1.29 is 9.18 Å². The van der Waals surface area contributed by atoms with Crippen molar-refractivity contribution in [2.24, 2.45) is 0 Å². The van der Waals surface area contributed by atoms with Crippen molar-refractivity contribution in [1.29, 1.82) is 0 Å². The second-order valence-corrected chi connectivity index (χ2v) is 6.62. The summed E-state index contributed by atoms with van der Waals surface area (Å²) in [4.78, 5) is 44.6. The van der Waals surface area contributed by atoms with Gasteiger partial charge in [-0.15, -0.1) is 0 Å². The van der Waals surface area contributed by atoms with Crippen molar-refractivity contribution in [2.75, 3.05) is 0 Å². The highest BCUT2D eigenvalue weighted by atomic mass is 19.1. The van der Waals surface area contributed by atoms with Gasteiger partial charge in [-0.05, 0) is 44.0 Å². The van der Waals surface area contributed by atoms with Crippen LogP contribution in [0.2, 0.25) is 0 Å². The predicted octanol–water partition coefficient (Wildman–Crippen LogP) is 2.53. The number of rotatable bonds is 5. The third kappa shape index (κ3) is 3.69. The summed E-state index contributed by atoms with van der Waals surface area (Å²) >= 11 is 0. The largest absolute Gasteiger partial charge is 0.329 e. The highest BCUT2D eigenvalue weighted by molar-refractivity contribution is 6.07. The Balaban J connectivity index is 2.26. The van der Waals surface area contributed by atoms with Gasteiger partial charge in [-0.25, -0.2) is 14.2 Å². The van der Waals surface area contributed by atoms with Gasteiger partial charge in [0.15, 0.2) is 0 Å². The molecule has 0 atom stereocenters. The molecule has 0 bridgehead atoms. The molecule has 0 spiro atoms. The minimum atomic E-state index is -0.766. The number of aromatic nitrogens is 3. The molecule has 3 aromatic rings. The molecule has 3 rings (SSSR count). The molecule has 1 aromatic carbocycles. The van der Waals surface area contributed by atoms with E-state index in [2.05, 4.69) is 9.97 Å². The molecule has 0 saturated heterocycles. The number of benzene rings is 1. The summed E-state index contributed by atoms with van der Waals surface area (Å²) in [5.74, 6) is -1.04. The summed E-state index contributed by atoms with van der Waals surface area (Å²) < 4.78 is 15.3. The van der Waals surface area contributed by atoms with Crippen LogP contribution in [0.4, 0.5) is 4.39 Å². The van der Waals surface area contributed by atoms with Crippen LogP contribution in [0, 0.1) is 19.7 Å². The van der Waals surface area contributed by atoms with E-state index in [9.17, 15) is 18.8 Å². The van der Waals surface area contributed by atoms with Crippen molar-refractivity contribution in [3.05, 3.63) is 96.8 Å². The molecule has 0 radical (unpaired) electrons. The Bertz CT molecular complexity index is 1160. The van der Waals surface area contributed by atoms with E-state index in [1.54, 1.807) is 26.0 Å². The molecule has 0 unspecified atom stereocenters. The molecule has 0 amide bonds. The number of hydrogen-bond acceptors (Lipinski definition) is 4. The summed E-state index contributed by atoms with van der Waals surface area (Å²) in [5.41, 5.74) is 0.582. The lowest BCUT2D eigenvalue weighted by Crippen LogP contribution is -2.38. The fourth-order valence-electron chi connectivity index (χ4n) is 3.23. The lowest BCUT2D eigenvalue weighted by atomic mass is 10.0. The molecule has 1 N–H and O–H groups in total. The topological polar surface area (TPSA) is 84.8 Å². The summed E-state index contributed by atoms with van der Waals surface area (Å²) in [6, 6.07) is 9.41. The van der Waals surface area contributed by atoms with Gasteiger partial charge in [0.25, 0.3) is 5.56 Å². The molecule has 28 heavy (non-hydrogen) atoms. The maximum Gasteiger partial charge on any atom is 0.329 e. The van der Waals surface area contributed by atoms with E-state index in [-0.39, 0.29) is 35.5 Å². The second kappa shape index (κ2) is 7.72. The molecule has 2 heterocycles. The highest BCUT2D eigenvalue weighted by Gasteiger charge is 2.23. The third-order valence-corrected chi connectivity index (χ3v) is 4.48. The Hall–Kier alpha value is -3.35.